The fraction of sp³-hybridized carbons (Fsp3) is 0.591. The van der Waals surface area contributed by atoms with Crippen LogP contribution in [0.15, 0.2) is 29.1 Å². The molecule has 166 valence electrons. The Morgan fingerprint density at radius 2 is 1.77 bits per heavy atom. The van der Waals surface area contributed by atoms with Crippen LogP contribution in [-0.4, -0.2) is 38.2 Å². The van der Waals surface area contributed by atoms with Gasteiger partial charge in [-0.15, -0.1) is 0 Å². The van der Waals surface area contributed by atoms with Crippen LogP contribution in [0.2, 0.25) is 0 Å². The van der Waals surface area contributed by atoms with Crippen molar-refractivity contribution in [3.8, 4) is 0 Å². The highest BCUT2D eigenvalue weighted by atomic mass is 19.4. The summed E-state index contributed by atoms with van der Waals surface area (Å²) in [5.41, 5.74) is -0.536. The summed E-state index contributed by atoms with van der Waals surface area (Å²) in [6.45, 7) is 1.80. The Hall–Kier alpha value is -2.58. The summed E-state index contributed by atoms with van der Waals surface area (Å²) in [6, 6.07) is 4.72. The molecule has 3 aliphatic rings. The molecule has 1 aliphatic carbocycles. The maximum absolute atomic E-state index is 13.2. The van der Waals surface area contributed by atoms with Crippen LogP contribution in [0.25, 0.3) is 0 Å². The zero-order valence-electron chi connectivity index (χ0n) is 17.2. The molecule has 1 saturated heterocycles. The third-order valence-electron chi connectivity index (χ3n) is 6.96. The Morgan fingerprint density at radius 1 is 1.10 bits per heavy atom. The number of halogens is 3. The number of rotatable bonds is 4. The van der Waals surface area contributed by atoms with Crippen LogP contribution >= 0.6 is 0 Å². The Labute approximate surface area is 177 Å². The number of hydrogen-bond acceptors (Lipinski definition) is 3. The second-order valence-electron chi connectivity index (χ2n) is 9.02. The van der Waals surface area contributed by atoms with Crippen molar-refractivity contribution in [1.82, 2.24) is 19.2 Å². The molecule has 1 amide bonds. The van der Waals surface area contributed by atoms with E-state index < -0.39 is 17.8 Å². The number of aromatic nitrogens is 3. The quantitative estimate of drug-likeness (QED) is 0.742. The number of nitrogens with zero attached hydrogens (tertiary/aromatic N) is 4. The van der Waals surface area contributed by atoms with Crippen LogP contribution < -0.4 is 5.69 Å². The van der Waals surface area contributed by atoms with Gasteiger partial charge in [0, 0.05) is 24.9 Å². The van der Waals surface area contributed by atoms with E-state index in [0.29, 0.717) is 25.2 Å². The number of alkyl halides is 3. The van der Waals surface area contributed by atoms with Crippen molar-refractivity contribution in [2.45, 2.75) is 69.1 Å². The van der Waals surface area contributed by atoms with Crippen LogP contribution in [0.1, 0.15) is 61.5 Å². The van der Waals surface area contributed by atoms with Gasteiger partial charge in [0.2, 0.25) is 5.91 Å². The minimum absolute atomic E-state index is 0.00368. The first-order chi connectivity index (χ1) is 14.8. The molecule has 2 aliphatic heterocycles. The molecule has 2 aromatic rings. The largest absolute Gasteiger partial charge is 0.416 e. The normalized spacial score (nSPS) is 22.4. The van der Waals surface area contributed by atoms with E-state index in [4.69, 9.17) is 0 Å². The van der Waals surface area contributed by atoms with E-state index in [-0.39, 0.29) is 17.0 Å². The van der Waals surface area contributed by atoms with E-state index in [0.717, 1.165) is 62.9 Å². The third-order valence-corrected chi connectivity index (χ3v) is 6.96. The van der Waals surface area contributed by atoms with Gasteiger partial charge in [-0.05, 0) is 56.2 Å². The van der Waals surface area contributed by atoms with Crippen molar-refractivity contribution in [3.63, 3.8) is 0 Å². The van der Waals surface area contributed by atoms with Crippen molar-refractivity contribution in [1.29, 1.82) is 0 Å². The van der Waals surface area contributed by atoms with Gasteiger partial charge >= 0.3 is 11.9 Å². The smallest absolute Gasteiger partial charge is 0.341 e. The molecule has 2 fully saturated rings. The van der Waals surface area contributed by atoms with Crippen molar-refractivity contribution in [3.05, 3.63) is 51.7 Å². The zero-order chi connectivity index (χ0) is 21.8. The molecule has 1 aromatic carbocycles. The summed E-state index contributed by atoms with van der Waals surface area (Å²) in [6.07, 6.45) is 1.31. The van der Waals surface area contributed by atoms with Crippen molar-refractivity contribution >= 4 is 5.91 Å². The average Bonchev–Trinajstić information content (AvgIpc) is 3.18. The molecule has 1 unspecified atom stereocenters. The number of carbonyl (C=O) groups is 1. The molecule has 6 nitrogen and oxygen atoms in total. The Bertz CT molecular complexity index is 1040. The lowest BCUT2D eigenvalue weighted by Crippen LogP contribution is -2.41. The van der Waals surface area contributed by atoms with Gasteiger partial charge < -0.3 is 4.90 Å². The van der Waals surface area contributed by atoms with E-state index >= 15 is 0 Å². The lowest BCUT2D eigenvalue weighted by Gasteiger charge is -2.27. The molecule has 0 spiro atoms. The SMILES string of the molecule is O=C(C1CCCc2nn(CC3(c4ccc(C(F)(F)F)cc4)CC3)c(=O)n21)N1CCCC1. The summed E-state index contributed by atoms with van der Waals surface area (Å²) in [7, 11) is 0. The van der Waals surface area contributed by atoms with Gasteiger partial charge in [0.25, 0.3) is 0 Å². The average molecular weight is 434 g/mol. The number of aryl methyl sites for hydroxylation is 1. The number of carbonyl (C=O) groups excluding carboxylic acids is 1. The summed E-state index contributed by atoms with van der Waals surface area (Å²) < 4.78 is 41.7. The zero-order valence-corrected chi connectivity index (χ0v) is 17.2. The maximum atomic E-state index is 13.2. The first-order valence-electron chi connectivity index (χ1n) is 10.9. The summed E-state index contributed by atoms with van der Waals surface area (Å²) in [5, 5.41) is 4.53. The van der Waals surface area contributed by atoms with Crippen LogP contribution in [0.4, 0.5) is 13.2 Å². The molecule has 0 N–H and O–H groups in total. The second-order valence-corrected chi connectivity index (χ2v) is 9.02. The van der Waals surface area contributed by atoms with E-state index in [2.05, 4.69) is 5.10 Å². The number of likely N-dealkylation sites (tertiary alicyclic amines) is 1. The van der Waals surface area contributed by atoms with E-state index in [1.165, 1.54) is 16.8 Å². The highest BCUT2D eigenvalue weighted by molar-refractivity contribution is 5.80. The summed E-state index contributed by atoms with van der Waals surface area (Å²) in [4.78, 5) is 28.0. The Morgan fingerprint density at radius 3 is 2.39 bits per heavy atom. The molecule has 0 bridgehead atoms. The van der Waals surface area contributed by atoms with Gasteiger partial charge in [-0.3, -0.25) is 9.36 Å². The predicted octanol–water partition coefficient (Wildman–Crippen LogP) is 3.30. The van der Waals surface area contributed by atoms with Crippen LogP contribution in [0, 0.1) is 0 Å². The highest BCUT2D eigenvalue weighted by Gasteiger charge is 2.46. The third kappa shape index (κ3) is 3.57. The molecule has 9 heteroatoms. The van der Waals surface area contributed by atoms with Gasteiger partial charge in [0.05, 0.1) is 12.1 Å². The summed E-state index contributed by atoms with van der Waals surface area (Å²) >= 11 is 0. The number of fused-ring (bicyclic) bond motifs is 1. The van der Waals surface area contributed by atoms with Crippen LogP contribution in [0.3, 0.4) is 0 Å². The fourth-order valence-electron chi connectivity index (χ4n) is 5.00. The number of hydrogen-bond donors (Lipinski definition) is 0. The van der Waals surface area contributed by atoms with Crippen molar-refractivity contribution in [2.24, 2.45) is 0 Å². The van der Waals surface area contributed by atoms with Gasteiger partial charge in [-0.2, -0.15) is 18.3 Å². The second kappa shape index (κ2) is 7.24. The van der Waals surface area contributed by atoms with E-state index in [9.17, 15) is 22.8 Å². The molecular formula is C22H25F3N4O2. The topological polar surface area (TPSA) is 60.1 Å². The first kappa shape index (κ1) is 20.3. The fourth-order valence-corrected chi connectivity index (χ4v) is 5.00. The van der Waals surface area contributed by atoms with Crippen molar-refractivity contribution < 1.29 is 18.0 Å². The first-order valence-corrected chi connectivity index (χ1v) is 10.9. The standard InChI is InChI=1S/C22H25F3N4O2/c23-22(24,25)16-8-6-15(7-9-16)21(10-11-21)14-28-20(31)29-17(4-3-5-18(29)26-28)19(30)27-12-1-2-13-27/h6-9,17H,1-5,10-14H2. The Kier molecular flexibility index (Phi) is 4.75. The van der Waals surface area contributed by atoms with Crippen molar-refractivity contribution in [2.75, 3.05) is 13.1 Å². The highest BCUT2D eigenvalue weighted by Crippen LogP contribution is 2.49. The lowest BCUT2D eigenvalue weighted by atomic mass is 9.95. The minimum atomic E-state index is -4.37. The molecular weight excluding hydrogens is 409 g/mol. The minimum Gasteiger partial charge on any atom is -0.341 e. The lowest BCUT2D eigenvalue weighted by molar-refractivity contribution is -0.137. The van der Waals surface area contributed by atoms with Crippen LogP contribution in [-0.2, 0) is 29.4 Å². The van der Waals surface area contributed by atoms with Gasteiger partial charge in [0.15, 0.2) is 0 Å². The van der Waals surface area contributed by atoms with Gasteiger partial charge in [-0.1, -0.05) is 12.1 Å². The summed E-state index contributed by atoms with van der Waals surface area (Å²) in [5.74, 6) is 0.640. The number of benzene rings is 1. The molecule has 5 rings (SSSR count). The van der Waals surface area contributed by atoms with Gasteiger partial charge in [0.1, 0.15) is 11.9 Å². The molecule has 31 heavy (non-hydrogen) atoms. The number of amides is 1. The molecule has 1 saturated carbocycles. The van der Waals surface area contributed by atoms with E-state index in [1.54, 1.807) is 4.57 Å². The molecule has 1 aromatic heterocycles. The Balaban J connectivity index is 1.41. The molecule has 3 heterocycles. The monoisotopic (exact) mass is 434 g/mol. The van der Waals surface area contributed by atoms with Gasteiger partial charge in [-0.25, -0.2) is 9.48 Å². The molecule has 1 atom stereocenters. The van der Waals surface area contributed by atoms with Crippen LogP contribution in [0.5, 0.6) is 0 Å². The predicted molar refractivity (Wildman–Crippen MR) is 107 cm³/mol. The molecule has 0 radical (unpaired) electrons. The maximum Gasteiger partial charge on any atom is 0.416 e. The van der Waals surface area contributed by atoms with E-state index in [1.807, 2.05) is 4.90 Å².